The van der Waals surface area contributed by atoms with Gasteiger partial charge in [-0.05, 0) is 49.8 Å². The zero-order chi connectivity index (χ0) is 15.0. The fraction of sp³-hybridized carbons (Fsp3) is 0.375. The van der Waals surface area contributed by atoms with Gasteiger partial charge in [-0.3, -0.25) is 10.1 Å². The van der Waals surface area contributed by atoms with Crippen molar-refractivity contribution in [1.29, 1.82) is 0 Å². The van der Waals surface area contributed by atoms with E-state index < -0.39 is 0 Å². The molecule has 0 saturated carbocycles. The Morgan fingerprint density at radius 2 is 2.29 bits per heavy atom. The Morgan fingerprint density at radius 1 is 1.48 bits per heavy atom. The summed E-state index contributed by atoms with van der Waals surface area (Å²) in [5.74, 6) is -0.00403. The van der Waals surface area contributed by atoms with Crippen molar-refractivity contribution in [3.05, 3.63) is 45.7 Å². The Labute approximate surface area is 127 Å². The Hall–Kier alpha value is -1.75. The van der Waals surface area contributed by atoms with Crippen molar-refractivity contribution in [2.24, 2.45) is 5.92 Å². The first-order valence-electron chi connectivity index (χ1n) is 7.09. The average Bonchev–Trinajstić information content (AvgIpc) is 2.83. The van der Waals surface area contributed by atoms with Crippen LogP contribution >= 0.6 is 11.3 Å². The molecule has 1 unspecified atom stereocenters. The second-order valence-corrected chi connectivity index (χ2v) is 6.74. The third-order valence-corrected chi connectivity index (χ3v) is 4.88. The molecular weight excluding hydrogens is 287 g/mol. The highest BCUT2D eigenvalue weighted by molar-refractivity contribution is 7.15. The van der Waals surface area contributed by atoms with Crippen LogP contribution in [0.4, 0.5) is 9.52 Å². The maximum absolute atomic E-state index is 13.5. The third-order valence-electron chi connectivity index (χ3n) is 3.84. The standard InChI is InChI=1S/C16H17FN2OS/c1-9-3-6-13-14(7-9)21-16(18-13)19-15(20)11-5-4-10(2)12(17)8-11/h4-5,8-9H,3,6-7H2,1-2H3,(H,18,19,20). The zero-order valence-corrected chi connectivity index (χ0v) is 12.9. The first kappa shape index (κ1) is 14.2. The van der Waals surface area contributed by atoms with Crippen LogP contribution in [-0.4, -0.2) is 10.9 Å². The van der Waals surface area contributed by atoms with Crippen molar-refractivity contribution in [1.82, 2.24) is 4.98 Å². The number of hydrogen-bond donors (Lipinski definition) is 1. The van der Waals surface area contributed by atoms with Crippen molar-refractivity contribution in [2.45, 2.75) is 33.1 Å². The molecule has 21 heavy (non-hydrogen) atoms. The van der Waals surface area contributed by atoms with Crippen LogP contribution in [0, 0.1) is 18.7 Å². The van der Waals surface area contributed by atoms with E-state index >= 15 is 0 Å². The number of carbonyl (C=O) groups is 1. The quantitative estimate of drug-likeness (QED) is 0.912. The second kappa shape index (κ2) is 5.56. The number of aryl methyl sites for hydroxylation is 2. The Balaban J connectivity index is 1.77. The van der Waals surface area contributed by atoms with Crippen molar-refractivity contribution in [3.63, 3.8) is 0 Å². The van der Waals surface area contributed by atoms with Gasteiger partial charge in [0.1, 0.15) is 5.82 Å². The van der Waals surface area contributed by atoms with Crippen LogP contribution in [0.25, 0.3) is 0 Å². The lowest BCUT2D eigenvalue weighted by atomic mass is 9.93. The average molecular weight is 304 g/mol. The normalized spacial score (nSPS) is 17.4. The molecule has 1 aliphatic carbocycles. The summed E-state index contributed by atoms with van der Waals surface area (Å²) in [5, 5.41) is 3.39. The van der Waals surface area contributed by atoms with Crippen molar-refractivity contribution >= 4 is 22.4 Å². The highest BCUT2D eigenvalue weighted by Gasteiger charge is 2.20. The molecule has 1 aromatic heterocycles. The lowest BCUT2D eigenvalue weighted by Gasteiger charge is -2.15. The summed E-state index contributed by atoms with van der Waals surface area (Å²) in [6.07, 6.45) is 3.15. The van der Waals surface area contributed by atoms with Crippen LogP contribution in [0.3, 0.4) is 0 Å². The molecule has 0 aliphatic heterocycles. The second-order valence-electron chi connectivity index (χ2n) is 5.65. The van der Waals surface area contributed by atoms with E-state index in [0.29, 0.717) is 22.2 Å². The number of nitrogens with one attached hydrogen (secondary N) is 1. The summed E-state index contributed by atoms with van der Waals surface area (Å²) >= 11 is 1.53. The molecule has 1 atom stereocenters. The molecule has 1 amide bonds. The van der Waals surface area contributed by atoms with Gasteiger partial charge in [-0.15, -0.1) is 11.3 Å². The van der Waals surface area contributed by atoms with E-state index in [1.807, 2.05) is 0 Å². The molecule has 0 fully saturated rings. The van der Waals surface area contributed by atoms with Crippen LogP contribution in [0.5, 0.6) is 0 Å². The fourth-order valence-electron chi connectivity index (χ4n) is 2.50. The summed E-state index contributed by atoms with van der Waals surface area (Å²) in [6, 6.07) is 4.50. The number of carbonyl (C=O) groups excluding carboxylic acids is 1. The zero-order valence-electron chi connectivity index (χ0n) is 12.1. The summed E-state index contributed by atoms with van der Waals surface area (Å²) in [4.78, 5) is 17.9. The minimum atomic E-state index is -0.366. The van der Waals surface area contributed by atoms with Crippen molar-refractivity contribution in [3.8, 4) is 0 Å². The minimum absolute atomic E-state index is 0.312. The number of amides is 1. The number of hydrogen-bond acceptors (Lipinski definition) is 3. The van der Waals surface area contributed by atoms with Crippen LogP contribution in [-0.2, 0) is 12.8 Å². The Bertz CT molecular complexity index is 696. The van der Waals surface area contributed by atoms with Gasteiger partial charge >= 0.3 is 0 Å². The molecule has 110 valence electrons. The van der Waals surface area contributed by atoms with E-state index in [-0.39, 0.29) is 11.7 Å². The largest absolute Gasteiger partial charge is 0.298 e. The number of thiazole rings is 1. The smallest absolute Gasteiger partial charge is 0.257 e. The SMILES string of the molecule is Cc1ccc(C(=O)Nc2nc3c(s2)CC(C)CC3)cc1F. The third kappa shape index (κ3) is 2.97. The van der Waals surface area contributed by atoms with E-state index in [4.69, 9.17) is 0 Å². The van der Waals surface area contributed by atoms with Gasteiger partial charge in [0, 0.05) is 10.4 Å². The first-order valence-corrected chi connectivity index (χ1v) is 7.90. The number of fused-ring (bicyclic) bond motifs is 1. The predicted molar refractivity (Wildman–Crippen MR) is 82.4 cm³/mol. The Kier molecular flexibility index (Phi) is 3.76. The molecule has 1 N–H and O–H groups in total. The van der Waals surface area contributed by atoms with Gasteiger partial charge in [0.25, 0.3) is 5.91 Å². The molecule has 0 saturated heterocycles. The molecule has 0 spiro atoms. The van der Waals surface area contributed by atoms with Crippen LogP contribution in [0.1, 0.15) is 39.8 Å². The van der Waals surface area contributed by atoms with Crippen molar-refractivity contribution in [2.75, 3.05) is 5.32 Å². The highest BCUT2D eigenvalue weighted by atomic mass is 32.1. The number of nitrogens with zero attached hydrogens (tertiary/aromatic N) is 1. The van der Waals surface area contributed by atoms with Crippen LogP contribution in [0.2, 0.25) is 0 Å². The van der Waals surface area contributed by atoms with Gasteiger partial charge in [0.15, 0.2) is 5.13 Å². The maximum atomic E-state index is 13.5. The minimum Gasteiger partial charge on any atom is -0.298 e. The molecule has 1 heterocycles. The summed E-state index contributed by atoms with van der Waals surface area (Å²) in [6.45, 7) is 3.91. The van der Waals surface area contributed by atoms with E-state index in [0.717, 1.165) is 25.0 Å². The molecule has 0 radical (unpaired) electrons. The molecule has 2 aromatic rings. The number of benzene rings is 1. The van der Waals surface area contributed by atoms with Gasteiger partial charge in [-0.1, -0.05) is 13.0 Å². The topological polar surface area (TPSA) is 42.0 Å². The Morgan fingerprint density at radius 3 is 3.05 bits per heavy atom. The van der Waals surface area contributed by atoms with E-state index in [9.17, 15) is 9.18 Å². The molecule has 3 rings (SSSR count). The molecule has 1 aromatic carbocycles. The molecular formula is C16H17FN2OS. The number of anilines is 1. The van der Waals surface area contributed by atoms with E-state index in [1.54, 1.807) is 19.1 Å². The first-order chi connectivity index (χ1) is 10.0. The monoisotopic (exact) mass is 304 g/mol. The van der Waals surface area contributed by atoms with E-state index in [1.165, 1.54) is 22.3 Å². The highest BCUT2D eigenvalue weighted by Crippen LogP contribution is 2.32. The fourth-order valence-corrected chi connectivity index (χ4v) is 3.66. The predicted octanol–water partition coefficient (Wildman–Crippen LogP) is 3.97. The lowest BCUT2D eigenvalue weighted by Crippen LogP contribution is -2.12. The summed E-state index contributed by atoms with van der Waals surface area (Å²) in [5.41, 5.74) is 1.95. The van der Waals surface area contributed by atoms with Gasteiger partial charge in [-0.2, -0.15) is 0 Å². The maximum Gasteiger partial charge on any atom is 0.257 e. The van der Waals surface area contributed by atoms with Gasteiger partial charge < -0.3 is 0 Å². The van der Waals surface area contributed by atoms with Crippen LogP contribution in [0.15, 0.2) is 18.2 Å². The van der Waals surface area contributed by atoms with E-state index in [2.05, 4.69) is 17.2 Å². The van der Waals surface area contributed by atoms with Crippen molar-refractivity contribution < 1.29 is 9.18 Å². The molecule has 3 nitrogen and oxygen atoms in total. The van der Waals surface area contributed by atoms with Gasteiger partial charge in [-0.25, -0.2) is 9.37 Å². The summed E-state index contributed by atoms with van der Waals surface area (Å²) in [7, 11) is 0. The van der Waals surface area contributed by atoms with Crippen LogP contribution < -0.4 is 5.32 Å². The number of halogens is 1. The van der Waals surface area contributed by atoms with Gasteiger partial charge in [0.2, 0.25) is 0 Å². The number of aromatic nitrogens is 1. The molecule has 0 bridgehead atoms. The van der Waals surface area contributed by atoms with Gasteiger partial charge in [0.05, 0.1) is 5.69 Å². The lowest BCUT2D eigenvalue weighted by molar-refractivity contribution is 0.102. The molecule has 1 aliphatic rings. The summed E-state index contributed by atoms with van der Waals surface area (Å²) < 4.78 is 13.5. The molecule has 5 heteroatoms. The number of rotatable bonds is 2.